The maximum absolute atomic E-state index is 12.4. The van der Waals surface area contributed by atoms with E-state index in [1.165, 1.54) is 0 Å². The fourth-order valence-electron chi connectivity index (χ4n) is 3.61. The van der Waals surface area contributed by atoms with Gasteiger partial charge in [-0.05, 0) is 68.1 Å². The van der Waals surface area contributed by atoms with Crippen LogP contribution in [0.2, 0.25) is 0 Å². The topological polar surface area (TPSA) is 77.1 Å². The Morgan fingerprint density at radius 1 is 1.00 bits per heavy atom. The van der Waals surface area contributed by atoms with Crippen molar-refractivity contribution in [3.8, 4) is 17.2 Å². The number of hydrogen-bond acceptors (Lipinski definition) is 5. The summed E-state index contributed by atoms with van der Waals surface area (Å²) in [5.41, 5.74) is 1.79. The van der Waals surface area contributed by atoms with E-state index >= 15 is 0 Å². The van der Waals surface area contributed by atoms with Crippen LogP contribution in [0, 0.1) is 0 Å². The highest BCUT2D eigenvalue weighted by molar-refractivity contribution is 5.95. The molecule has 0 saturated carbocycles. The fourth-order valence-corrected chi connectivity index (χ4v) is 3.61. The molecule has 7 nitrogen and oxygen atoms in total. The van der Waals surface area contributed by atoms with Crippen LogP contribution in [-0.4, -0.2) is 38.2 Å². The van der Waals surface area contributed by atoms with Crippen LogP contribution in [0.3, 0.4) is 0 Å². The highest BCUT2D eigenvalue weighted by Crippen LogP contribution is 2.31. The van der Waals surface area contributed by atoms with E-state index in [0.717, 1.165) is 42.8 Å². The molecule has 2 aromatic rings. The standard InChI is InChI=1S/C26H34N2O5/c1-4-15-31-23-13-8-20(17-24(23)32-16-5-2)19(3)27-25(29)18-33-22-11-9-21(10-12-22)28-14-6-7-26(28)30/h8-13,17,19H,4-7,14-16,18H2,1-3H3,(H,27,29). The van der Waals surface area contributed by atoms with Crippen molar-refractivity contribution >= 4 is 17.5 Å². The lowest BCUT2D eigenvalue weighted by Crippen LogP contribution is -2.31. The third kappa shape index (κ3) is 6.88. The van der Waals surface area contributed by atoms with Gasteiger partial charge in [0.1, 0.15) is 5.75 Å². The molecule has 0 bridgehead atoms. The Morgan fingerprint density at radius 2 is 1.70 bits per heavy atom. The van der Waals surface area contributed by atoms with Crippen LogP contribution in [0.15, 0.2) is 42.5 Å². The highest BCUT2D eigenvalue weighted by Gasteiger charge is 2.21. The van der Waals surface area contributed by atoms with Gasteiger partial charge < -0.3 is 24.4 Å². The number of nitrogens with zero attached hydrogens (tertiary/aromatic N) is 1. The van der Waals surface area contributed by atoms with Crippen molar-refractivity contribution in [3.63, 3.8) is 0 Å². The highest BCUT2D eigenvalue weighted by atomic mass is 16.5. The zero-order chi connectivity index (χ0) is 23.6. The Balaban J connectivity index is 1.53. The first-order valence-electron chi connectivity index (χ1n) is 11.7. The molecule has 2 amide bonds. The quantitative estimate of drug-likeness (QED) is 0.505. The van der Waals surface area contributed by atoms with Crippen molar-refractivity contribution in [2.24, 2.45) is 0 Å². The molecule has 0 radical (unpaired) electrons. The van der Waals surface area contributed by atoms with Crippen LogP contribution in [-0.2, 0) is 9.59 Å². The number of hydrogen-bond donors (Lipinski definition) is 1. The predicted octanol–water partition coefficient (Wildman–Crippen LogP) is 4.65. The summed E-state index contributed by atoms with van der Waals surface area (Å²) in [5.74, 6) is 1.92. The first kappa shape index (κ1) is 24.4. The first-order valence-corrected chi connectivity index (χ1v) is 11.7. The summed E-state index contributed by atoms with van der Waals surface area (Å²) in [6.07, 6.45) is 3.30. The minimum absolute atomic E-state index is 0.0940. The van der Waals surface area contributed by atoms with Gasteiger partial charge in [0.25, 0.3) is 5.91 Å². The summed E-state index contributed by atoms with van der Waals surface area (Å²) in [5, 5.41) is 2.96. The molecule has 1 N–H and O–H groups in total. The first-order chi connectivity index (χ1) is 16.0. The smallest absolute Gasteiger partial charge is 0.258 e. The van der Waals surface area contributed by atoms with Gasteiger partial charge in [0.05, 0.1) is 19.3 Å². The second-order valence-corrected chi connectivity index (χ2v) is 8.12. The summed E-state index contributed by atoms with van der Waals surface area (Å²) >= 11 is 0. The molecule has 1 aliphatic heterocycles. The molecule has 1 atom stereocenters. The van der Waals surface area contributed by atoms with E-state index in [0.29, 0.717) is 31.1 Å². The molecule has 1 fully saturated rings. The molecular weight excluding hydrogens is 420 g/mol. The summed E-state index contributed by atoms with van der Waals surface area (Å²) in [6.45, 7) is 7.92. The number of rotatable bonds is 12. The number of anilines is 1. The number of carbonyl (C=O) groups excluding carboxylic acids is 2. The monoisotopic (exact) mass is 454 g/mol. The minimum atomic E-state index is -0.219. The number of carbonyl (C=O) groups is 2. The summed E-state index contributed by atoms with van der Waals surface area (Å²) in [7, 11) is 0. The second-order valence-electron chi connectivity index (χ2n) is 8.12. The molecule has 1 unspecified atom stereocenters. The lowest BCUT2D eigenvalue weighted by molar-refractivity contribution is -0.123. The van der Waals surface area contributed by atoms with E-state index in [4.69, 9.17) is 14.2 Å². The van der Waals surface area contributed by atoms with Crippen molar-refractivity contribution in [2.75, 3.05) is 31.3 Å². The average Bonchev–Trinajstić information content (AvgIpc) is 3.26. The van der Waals surface area contributed by atoms with E-state index in [1.807, 2.05) is 37.3 Å². The normalized spacial score (nSPS) is 14.2. The molecule has 178 valence electrons. The second kappa shape index (κ2) is 12.1. The molecule has 33 heavy (non-hydrogen) atoms. The lowest BCUT2D eigenvalue weighted by Gasteiger charge is -2.18. The largest absolute Gasteiger partial charge is 0.490 e. The van der Waals surface area contributed by atoms with Gasteiger partial charge in [-0.2, -0.15) is 0 Å². The molecule has 2 aromatic carbocycles. The van der Waals surface area contributed by atoms with Crippen molar-refractivity contribution in [1.82, 2.24) is 5.32 Å². The summed E-state index contributed by atoms with van der Waals surface area (Å²) < 4.78 is 17.3. The number of ether oxygens (including phenoxy) is 3. The molecular formula is C26H34N2O5. The van der Waals surface area contributed by atoms with Gasteiger partial charge in [-0.25, -0.2) is 0 Å². The van der Waals surface area contributed by atoms with E-state index in [1.54, 1.807) is 17.0 Å². The number of benzene rings is 2. The Hall–Kier alpha value is -3.22. The van der Waals surface area contributed by atoms with Crippen molar-refractivity contribution in [1.29, 1.82) is 0 Å². The summed E-state index contributed by atoms with van der Waals surface area (Å²) in [4.78, 5) is 26.1. The Labute approximate surface area is 196 Å². The molecule has 3 rings (SSSR count). The molecule has 1 heterocycles. The van der Waals surface area contributed by atoms with Crippen LogP contribution < -0.4 is 24.4 Å². The van der Waals surface area contributed by atoms with Gasteiger partial charge >= 0.3 is 0 Å². The van der Waals surface area contributed by atoms with Crippen LogP contribution in [0.4, 0.5) is 5.69 Å². The molecule has 0 spiro atoms. The SMILES string of the molecule is CCCOc1ccc(C(C)NC(=O)COc2ccc(N3CCCC3=O)cc2)cc1OCCC. The summed E-state index contributed by atoms with van der Waals surface area (Å²) in [6, 6.07) is 12.8. The van der Waals surface area contributed by atoms with Crippen LogP contribution in [0.25, 0.3) is 0 Å². The Morgan fingerprint density at radius 3 is 2.33 bits per heavy atom. The Kier molecular flexibility index (Phi) is 8.98. The third-order valence-electron chi connectivity index (χ3n) is 5.36. The lowest BCUT2D eigenvalue weighted by atomic mass is 10.1. The fraction of sp³-hybridized carbons (Fsp3) is 0.462. The van der Waals surface area contributed by atoms with E-state index in [9.17, 15) is 9.59 Å². The van der Waals surface area contributed by atoms with Crippen LogP contribution in [0.5, 0.6) is 17.2 Å². The van der Waals surface area contributed by atoms with Crippen molar-refractivity contribution in [3.05, 3.63) is 48.0 Å². The number of nitrogens with one attached hydrogen (secondary N) is 1. The van der Waals surface area contributed by atoms with Crippen LogP contribution >= 0.6 is 0 Å². The van der Waals surface area contributed by atoms with Gasteiger partial charge in [-0.3, -0.25) is 9.59 Å². The van der Waals surface area contributed by atoms with E-state index in [-0.39, 0.29) is 24.5 Å². The molecule has 0 aromatic heterocycles. The average molecular weight is 455 g/mol. The molecule has 1 saturated heterocycles. The molecule has 0 aliphatic carbocycles. The maximum atomic E-state index is 12.4. The zero-order valence-corrected chi connectivity index (χ0v) is 19.8. The number of amides is 2. The van der Waals surface area contributed by atoms with Gasteiger partial charge in [-0.15, -0.1) is 0 Å². The van der Waals surface area contributed by atoms with Gasteiger partial charge in [0, 0.05) is 18.7 Å². The van der Waals surface area contributed by atoms with Crippen molar-refractivity contribution in [2.45, 2.75) is 52.5 Å². The van der Waals surface area contributed by atoms with Gasteiger partial charge in [0.15, 0.2) is 18.1 Å². The maximum Gasteiger partial charge on any atom is 0.258 e. The van der Waals surface area contributed by atoms with E-state index < -0.39 is 0 Å². The predicted molar refractivity (Wildman–Crippen MR) is 128 cm³/mol. The zero-order valence-electron chi connectivity index (χ0n) is 19.8. The van der Waals surface area contributed by atoms with Crippen molar-refractivity contribution < 1.29 is 23.8 Å². The molecule has 1 aliphatic rings. The Bertz CT molecular complexity index is 929. The van der Waals surface area contributed by atoms with Gasteiger partial charge in [0.2, 0.25) is 5.91 Å². The van der Waals surface area contributed by atoms with E-state index in [2.05, 4.69) is 19.2 Å². The van der Waals surface area contributed by atoms with Gasteiger partial charge in [-0.1, -0.05) is 19.9 Å². The van der Waals surface area contributed by atoms with Crippen LogP contribution in [0.1, 0.15) is 58.1 Å². The molecule has 7 heteroatoms. The third-order valence-corrected chi connectivity index (χ3v) is 5.36. The minimum Gasteiger partial charge on any atom is -0.490 e.